The first-order valence-electron chi connectivity index (χ1n) is 9.67. The third-order valence-electron chi connectivity index (χ3n) is 5.26. The second kappa shape index (κ2) is 8.94. The van der Waals surface area contributed by atoms with E-state index in [2.05, 4.69) is 10.3 Å². The van der Waals surface area contributed by atoms with Gasteiger partial charge in [-0.25, -0.2) is 4.98 Å². The van der Waals surface area contributed by atoms with Gasteiger partial charge in [0.1, 0.15) is 0 Å². The molecule has 0 fully saturated rings. The Bertz CT molecular complexity index is 1290. The van der Waals surface area contributed by atoms with Crippen LogP contribution in [0.5, 0.6) is 0 Å². The zero-order valence-electron chi connectivity index (χ0n) is 16.9. The molecule has 0 saturated heterocycles. The van der Waals surface area contributed by atoms with Crippen LogP contribution < -0.4 is 10.9 Å². The van der Waals surface area contributed by atoms with E-state index in [4.69, 9.17) is 34.8 Å². The fourth-order valence-electron chi connectivity index (χ4n) is 3.57. The highest BCUT2D eigenvalue weighted by atomic mass is 35.5. The van der Waals surface area contributed by atoms with E-state index >= 15 is 0 Å². The number of aromatic nitrogens is 2. The quantitative estimate of drug-likeness (QED) is 0.566. The third-order valence-corrected chi connectivity index (χ3v) is 6.25. The summed E-state index contributed by atoms with van der Waals surface area (Å²) in [6.07, 6.45) is 0.335. The molecular weight excluding hydrogens is 475 g/mol. The predicted molar refractivity (Wildman–Crippen MR) is 123 cm³/mol. The lowest BCUT2D eigenvalue weighted by Gasteiger charge is -2.28. The number of hydrogen-bond acceptors (Lipinski definition) is 4. The molecule has 3 aromatic rings. The first-order valence-corrected chi connectivity index (χ1v) is 10.8. The lowest BCUT2D eigenvalue weighted by atomic mass is 10.0. The summed E-state index contributed by atoms with van der Waals surface area (Å²) in [7, 11) is 1.54. The average Bonchev–Trinajstić information content (AvgIpc) is 2.80. The number of hydrogen-bond donors (Lipinski definition) is 1. The van der Waals surface area contributed by atoms with Crippen LogP contribution in [0.4, 0.5) is 0 Å². The molecule has 164 valence electrons. The maximum atomic E-state index is 13.2. The van der Waals surface area contributed by atoms with Gasteiger partial charge in [-0.15, -0.1) is 0 Å². The standard InChI is InChI=1S/C22H17Cl3N4O3/c1-26-19(30)12-2-5-14(6-3-12)29-21(32)15-8-9-28(11-18(15)27-22(29)25)20(31)13-4-7-16(23)17(24)10-13/h2-7,10H,8-9,11H2,1H3,(H,26,30). The van der Waals surface area contributed by atoms with Crippen molar-refractivity contribution in [3.8, 4) is 5.69 Å². The van der Waals surface area contributed by atoms with Crippen LogP contribution in [0.3, 0.4) is 0 Å². The second-order valence-corrected chi connectivity index (χ2v) is 8.33. The molecule has 1 aliphatic rings. The van der Waals surface area contributed by atoms with Gasteiger partial charge in [0.25, 0.3) is 17.4 Å². The monoisotopic (exact) mass is 490 g/mol. The van der Waals surface area contributed by atoms with E-state index in [1.54, 1.807) is 48.3 Å². The summed E-state index contributed by atoms with van der Waals surface area (Å²) >= 11 is 18.3. The number of nitrogens with one attached hydrogen (secondary N) is 1. The summed E-state index contributed by atoms with van der Waals surface area (Å²) in [4.78, 5) is 43.8. The summed E-state index contributed by atoms with van der Waals surface area (Å²) in [6.45, 7) is 0.500. The van der Waals surface area contributed by atoms with E-state index in [1.165, 1.54) is 10.6 Å². The summed E-state index contributed by atoms with van der Waals surface area (Å²) in [5, 5.41) is 3.18. The molecule has 2 aromatic carbocycles. The van der Waals surface area contributed by atoms with Crippen LogP contribution in [-0.2, 0) is 13.0 Å². The van der Waals surface area contributed by atoms with Gasteiger partial charge < -0.3 is 10.2 Å². The summed E-state index contributed by atoms with van der Waals surface area (Å²) in [5.41, 5.74) is 2.02. The molecule has 0 spiro atoms. The molecule has 0 unspecified atom stereocenters. The maximum Gasteiger partial charge on any atom is 0.262 e. The highest BCUT2D eigenvalue weighted by Crippen LogP contribution is 2.25. The van der Waals surface area contributed by atoms with Gasteiger partial charge in [-0.3, -0.25) is 19.0 Å². The van der Waals surface area contributed by atoms with Gasteiger partial charge in [-0.2, -0.15) is 0 Å². The SMILES string of the molecule is CNC(=O)c1ccc(-n2c(Cl)nc3c(c2=O)CCN(C(=O)c2ccc(Cl)c(Cl)c2)C3)cc1. The zero-order chi connectivity index (χ0) is 23.0. The highest BCUT2D eigenvalue weighted by molar-refractivity contribution is 6.42. The van der Waals surface area contributed by atoms with E-state index in [0.29, 0.717) is 51.1 Å². The van der Waals surface area contributed by atoms with Crippen LogP contribution >= 0.6 is 34.8 Å². The van der Waals surface area contributed by atoms with Gasteiger partial charge >= 0.3 is 0 Å². The molecule has 2 heterocycles. The summed E-state index contributed by atoms with van der Waals surface area (Å²) < 4.78 is 1.30. The first kappa shape index (κ1) is 22.3. The molecule has 0 saturated carbocycles. The molecule has 32 heavy (non-hydrogen) atoms. The Kier molecular flexibility index (Phi) is 6.24. The minimum atomic E-state index is -0.297. The molecular formula is C22H17Cl3N4O3. The van der Waals surface area contributed by atoms with E-state index < -0.39 is 0 Å². The first-order chi connectivity index (χ1) is 15.3. The Morgan fingerprint density at radius 2 is 1.69 bits per heavy atom. The zero-order valence-corrected chi connectivity index (χ0v) is 19.1. The van der Waals surface area contributed by atoms with Crippen molar-refractivity contribution >= 4 is 46.6 Å². The number of halogens is 3. The molecule has 1 aliphatic heterocycles. The normalized spacial score (nSPS) is 12.9. The highest BCUT2D eigenvalue weighted by Gasteiger charge is 2.27. The topological polar surface area (TPSA) is 84.3 Å². The number of fused-ring (bicyclic) bond motifs is 1. The molecule has 0 radical (unpaired) electrons. The van der Waals surface area contributed by atoms with E-state index in [9.17, 15) is 14.4 Å². The molecule has 0 atom stereocenters. The number of nitrogens with zero attached hydrogens (tertiary/aromatic N) is 3. The van der Waals surface area contributed by atoms with E-state index in [-0.39, 0.29) is 29.2 Å². The average molecular weight is 492 g/mol. The number of carbonyl (C=O) groups is 2. The van der Waals surface area contributed by atoms with Crippen molar-refractivity contribution in [2.45, 2.75) is 13.0 Å². The minimum Gasteiger partial charge on any atom is -0.355 e. The van der Waals surface area contributed by atoms with Crippen molar-refractivity contribution in [1.29, 1.82) is 0 Å². The smallest absolute Gasteiger partial charge is 0.262 e. The van der Waals surface area contributed by atoms with E-state index in [1.807, 2.05) is 0 Å². The van der Waals surface area contributed by atoms with Crippen LogP contribution in [0.15, 0.2) is 47.3 Å². The van der Waals surface area contributed by atoms with Crippen LogP contribution in [0.25, 0.3) is 5.69 Å². The summed E-state index contributed by atoms with van der Waals surface area (Å²) in [5.74, 6) is -0.466. The number of benzene rings is 2. The Balaban J connectivity index is 1.64. The van der Waals surface area contributed by atoms with Crippen molar-refractivity contribution in [3.05, 3.63) is 90.5 Å². The molecule has 0 aliphatic carbocycles. The van der Waals surface area contributed by atoms with Crippen molar-refractivity contribution < 1.29 is 9.59 Å². The largest absolute Gasteiger partial charge is 0.355 e. The van der Waals surface area contributed by atoms with Gasteiger partial charge in [-0.05, 0) is 60.5 Å². The second-order valence-electron chi connectivity index (χ2n) is 7.18. The minimum absolute atomic E-state index is 0.0229. The lowest BCUT2D eigenvalue weighted by Crippen LogP contribution is -2.40. The Morgan fingerprint density at radius 1 is 1.00 bits per heavy atom. The molecule has 1 aromatic heterocycles. The Morgan fingerprint density at radius 3 is 2.34 bits per heavy atom. The van der Waals surface area contributed by atoms with Gasteiger partial charge in [0.05, 0.1) is 28.0 Å². The predicted octanol–water partition coefficient (Wildman–Crippen LogP) is 3.75. The van der Waals surface area contributed by atoms with Gasteiger partial charge in [0.2, 0.25) is 5.28 Å². The summed E-state index contributed by atoms with van der Waals surface area (Å²) in [6, 6.07) is 11.2. The molecule has 7 nitrogen and oxygen atoms in total. The number of amides is 2. The maximum absolute atomic E-state index is 13.2. The Hall–Kier alpha value is -2.87. The van der Waals surface area contributed by atoms with Gasteiger partial charge in [-0.1, -0.05) is 23.2 Å². The van der Waals surface area contributed by atoms with Crippen molar-refractivity contribution in [1.82, 2.24) is 19.8 Å². The van der Waals surface area contributed by atoms with Gasteiger partial charge in [0.15, 0.2) is 0 Å². The van der Waals surface area contributed by atoms with Crippen LogP contribution in [-0.4, -0.2) is 39.9 Å². The fourth-order valence-corrected chi connectivity index (χ4v) is 4.15. The molecule has 4 rings (SSSR count). The van der Waals surface area contributed by atoms with Crippen molar-refractivity contribution in [2.75, 3.05) is 13.6 Å². The van der Waals surface area contributed by atoms with Crippen molar-refractivity contribution in [2.24, 2.45) is 0 Å². The van der Waals surface area contributed by atoms with Gasteiger partial charge in [0, 0.05) is 30.3 Å². The van der Waals surface area contributed by atoms with E-state index in [0.717, 1.165) is 0 Å². The van der Waals surface area contributed by atoms with Crippen LogP contribution in [0, 0.1) is 0 Å². The fraction of sp³-hybridized carbons (Fsp3) is 0.182. The van der Waals surface area contributed by atoms with Crippen LogP contribution in [0.2, 0.25) is 15.3 Å². The third kappa shape index (κ3) is 4.11. The number of carbonyl (C=O) groups excluding carboxylic acids is 2. The van der Waals surface area contributed by atoms with Crippen molar-refractivity contribution in [3.63, 3.8) is 0 Å². The Labute approximate surface area is 198 Å². The molecule has 2 amide bonds. The molecule has 0 bridgehead atoms. The number of rotatable bonds is 3. The van der Waals surface area contributed by atoms with Crippen LogP contribution in [0.1, 0.15) is 32.0 Å². The molecule has 10 heteroatoms. The molecule has 1 N–H and O–H groups in total. The lowest BCUT2D eigenvalue weighted by molar-refractivity contribution is 0.0731.